The van der Waals surface area contributed by atoms with Crippen molar-refractivity contribution in [3.8, 4) is 12.1 Å². The van der Waals surface area contributed by atoms with Crippen LogP contribution in [0.3, 0.4) is 0 Å². The average Bonchev–Trinajstić information content (AvgIpc) is 3.32. The number of halogens is 7. The summed E-state index contributed by atoms with van der Waals surface area (Å²) in [5.41, 5.74) is 9.14. The molecular weight excluding hydrogens is 913 g/mol. The molecule has 4 rings (SSSR count). The summed E-state index contributed by atoms with van der Waals surface area (Å²) in [7, 11) is 0. The van der Waals surface area contributed by atoms with Crippen LogP contribution in [0, 0.1) is 39.3 Å². The molecule has 0 aromatic carbocycles. The number of nitrogens with zero attached hydrogens (tertiary/aromatic N) is 6. The number of hydrogen-bond donors (Lipinski definition) is 7. The van der Waals surface area contributed by atoms with Gasteiger partial charge in [-0.3, -0.25) is 16.8 Å². The van der Waals surface area contributed by atoms with E-state index >= 15 is 0 Å². The number of hydrogen-bond acceptors (Lipinski definition) is 12. The van der Waals surface area contributed by atoms with Crippen molar-refractivity contribution >= 4 is 96.4 Å². The molecule has 4 heterocycles. The number of nitrogens with one attached hydrogen (secondary N) is 2. The Morgan fingerprint density at radius 1 is 0.952 bits per heavy atom. The van der Waals surface area contributed by atoms with Crippen molar-refractivity contribution in [3.63, 3.8) is 0 Å². The lowest BCUT2D eigenvalue weighted by atomic mass is 10.3. The monoisotopic (exact) mass is 932 g/mol. The third-order valence-electron chi connectivity index (χ3n) is 3.79. The second-order valence-corrected chi connectivity index (χ2v) is 9.76. The second-order valence-electron chi connectivity index (χ2n) is 6.27. The predicted molar refractivity (Wildman–Crippen MR) is 168 cm³/mol. The first kappa shape index (κ1) is 40.9. The maximum absolute atomic E-state index is 12.5. The smallest absolute Gasteiger partial charge is 0.475 e. The van der Waals surface area contributed by atoms with Crippen LogP contribution < -0.4 is 28.7 Å². The summed E-state index contributed by atoms with van der Waals surface area (Å²) in [6.07, 6.45) is -0.444. The highest BCUT2D eigenvalue weighted by molar-refractivity contribution is 14.1. The topological polar surface area (TPSA) is 300 Å². The standard InChI is InChI=1S/C6H2FIN2.2C6H5IN4.C2HF3O2.H4N2.H2O/c7-6-4(3-9)5(8)1-2-10-6;7-3-1-2-9-6-4(3)5(8)10-11-6;7-5-1-2-10-6(11-9)4(5)3-8;3-2(4,5)1(6)7;1-2;/h1-2H;1-2H,(H3,8,9,10,11);1-2H,9H2,(H,10,11);(H,6,7);1-2H2;1H2. The zero-order chi connectivity index (χ0) is 31.8. The zero-order valence-electron chi connectivity index (χ0n) is 20.5. The minimum atomic E-state index is -5.08. The van der Waals surface area contributed by atoms with Gasteiger partial charge in [0, 0.05) is 29.3 Å². The number of carboxylic acid groups (broad SMARTS) is 1. The Labute approximate surface area is 274 Å². The molecular formula is C20H19F4I3N12O3. The quantitative estimate of drug-likeness (QED) is 0.0475. The van der Waals surface area contributed by atoms with E-state index < -0.39 is 18.1 Å². The molecule has 0 bridgehead atoms. The van der Waals surface area contributed by atoms with Crippen LogP contribution >= 0.6 is 67.8 Å². The molecule has 42 heavy (non-hydrogen) atoms. The predicted octanol–water partition coefficient (Wildman–Crippen LogP) is 2.31. The molecule has 0 spiro atoms. The number of aromatic nitrogens is 5. The molecule has 0 aliphatic rings. The number of fused-ring (bicyclic) bond motifs is 1. The summed E-state index contributed by atoms with van der Waals surface area (Å²) >= 11 is 6.14. The van der Waals surface area contributed by atoms with Crippen LogP contribution in [0.25, 0.3) is 11.0 Å². The van der Waals surface area contributed by atoms with E-state index in [0.717, 1.165) is 12.5 Å². The van der Waals surface area contributed by atoms with Gasteiger partial charge in [-0.25, -0.2) is 25.6 Å². The van der Waals surface area contributed by atoms with Gasteiger partial charge in [0.15, 0.2) is 11.5 Å². The van der Waals surface area contributed by atoms with Gasteiger partial charge in [-0.2, -0.15) is 33.2 Å². The molecule has 0 aliphatic carbocycles. The number of aliphatic carboxylic acids is 1. The molecule has 13 N–H and O–H groups in total. The molecule has 0 aliphatic heterocycles. The van der Waals surface area contributed by atoms with Crippen molar-refractivity contribution < 1.29 is 32.9 Å². The molecule has 15 nitrogen and oxygen atoms in total. The van der Waals surface area contributed by atoms with Crippen LogP contribution in [0.4, 0.5) is 29.2 Å². The van der Waals surface area contributed by atoms with Crippen LogP contribution in [0.15, 0.2) is 36.8 Å². The molecule has 0 amide bonds. The van der Waals surface area contributed by atoms with E-state index in [0.29, 0.717) is 26.4 Å². The van der Waals surface area contributed by atoms with Gasteiger partial charge < -0.3 is 21.7 Å². The van der Waals surface area contributed by atoms with Crippen LogP contribution in [-0.4, -0.2) is 47.9 Å². The molecule has 22 heteroatoms. The third-order valence-corrected chi connectivity index (χ3v) is 6.49. The summed E-state index contributed by atoms with van der Waals surface area (Å²) in [6.45, 7) is 0. The van der Waals surface area contributed by atoms with Gasteiger partial charge >= 0.3 is 12.1 Å². The summed E-state index contributed by atoms with van der Waals surface area (Å²) in [5, 5.41) is 31.6. The normalized spacial score (nSPS) is 9.24. The minimum Gasteiger partial charge on any atom is -0.475 e. The number of rotatable bonds is 1. The van der Waals surface area contributed by atoms with Crippen LogP contribution in [0.1, 0.15) is 11.1 Å². The molecule has 0 unspecified atom stereocenters. The summed E-state index contributed by atoms with van der Waals surface area (Å²) in [5.74, 6) is 10.7. The summed E-state index contributed by atoms with van der Waals surface area (Å²) < 4.78 is 46.7. The summed E-state index contributed by atoms with van der Waals surface area (Å²) in [6, 6.07) is 8.95. The van der Waals surface area contributed by atoms with E-state index in [1.54, 1.807) is 30.6 Å². The molecule has 0 radical (unpaired) electrons. The van der Waals surface area contributed by atoms with Crippen LogP contribution in [0.5, 0.6) is 0 Å². The molecule has 4 aromatic rings. The number of nitriles is 2. The van der Waals surface area contributed by atoms with Crippen molar-refractivity contribution in [1.29, 1.82) is 10.5 Å². The highest BCUT2D eigenvalue weighted by Gasteiger charge is 2.38. The second kappa shape index (κ2) is 20.6. The highest BCUT2D eigenvalue weighted by Crippen LogP contribution is 2.21. The van der Waals surface area contributed by atoms with Gasteiger partial charge in [-0.15, -0.1) is 0 Å². The Bertz CT molecular complexity index is 1510. The number of carbonyl (C=O) groups is 1. The number of anilines is 2. The van der Waals surface area contributed by atoms with Crippen LogP contribution in [0.2, 0.25) is 0 Å². The van der Waals surface area contributed by atoms with Crippen molar-refractivity contribution in [1.82, 2.24) is 25.1 Å². The Morgan fingerprint density at radius 3 is 1.79 bits per heavy atom. The number of aromatic amines is 1. The number of nitrogens with two attached hydrogens (primary N) is 4. The largest absolute Gasteiger partial charge is 0.490 e. The number of pyridine rings is 3. The number of H-pyrrole nitrogens is 1. The first-order valence-corrected chi connectivity index (χ1v) is 13.1. The maximum Gasteiger partial charge on any atom is 0.490 e. The van der Waals surface area contributed by atoms with Crippen molar-refractivity contribution in [2.45, 2.75) is 6.18 Å². The average molecular weight is 932 g/mol. The Morgan fingerprint density at radius 2 is 1.40 bits per heavy atom. The molecule has 0 atom stereocenters. The Kier molecular flexibility index (Phi) is 20.0. The van der Waals surface area contributed by atoms with Gasteiger partial charge in [-0.05, 0) is 86.0 Å². The lowest BCUT2D eigenvalue weighted by Gasteiger charge is -2.01. The lowest BCUT2D eigenvalue weighted by molar-refractivity contribution is -0.192. The van der Waals surface area contributed by atoms with E-state index in [-0.39, 0.29) is 11.0 Å². The minimum absolute atomic E-state index is 0. The van der Waals surface area contributed by atoms with E-state index in [1.165, 1.54) is 6.20 Å². The highest BCUT2D eigenvalue weighted by atomic mass is 127. The van der Waals surface area contributed by atoms with Gasteiger partial charge in [0.05, 0.1) is 5.39 Å². The number of alkyl halides is 3. The SMILES string of the molecule is N#Cc1c(I)ccnc1F.N#Cc1c(I)ccnc1NN.NN.Nc1[nH]nc2nccc(I)c12.O.O=C(O)C(F)(F)F. The number of hydrazine groups is 2. The Hall–Kier alpha value is -3.28. The summed E-state index contributed by atoms with van der Waals surface area (Å²) in [4.78, 5) is 20.1. The Balaban J connectivity index is 0. The number of carboxylic acids is 1. The molecule has 0 saturated heterocycles. The van der Waals surface area contributed by atoms with Gasteiger partial charge in [-0.1, -0.05) is 0 Å². The van der Waals surface area contributed by atoms with E-state index in [4.69, 9.17) is 32.0 Å². The third kappa shape index (κ3) is 13.1. The van der Waals surface area contributed by atoms with Crippen LogP contribution in [-0.2, 0) is 4.79 Å². The number of nitrogen functional groups attached to an aromatic ring is 2. The molecule has 0 saturated carbocycles. The van der Waals surface area contributed by atoms with Crippen molar-refractivity contribution in [2.24, 2.45) is 17.5 Å². The molecule has 226 valence electrons. The van der Waals surface area contributed by atoms with E-state index in [2.05, 4.69) is 87.4 Å². The maximum atomic E-state index is 12.5. The van der Waals surface area contributed by atoms with Crippen molar-refractivity contribution in [3.05, 3.63) is 64.6 Å². The lowest BCUT2D eigenvalue weighted by Crippen LogP contribution is -2.21. The first-order chi connectivity index (χ1) is 19.3. The van der Waals surface area contributed by atoms with Crippen molar-refractivity contribution in [2.75, 3.05) is 11.2 Å². The molecule has 0 fully saturated rings. The first-order valence-electron chi connectivity index (χ1n) is 9.87. The van der Waals surface area contributed by atoms with E-state index in [9.17, 15) is 17.6 Å². The fourth-order valence-corrected chi connectivity index (χ4v) is 3.83. The van der Waals surface area contributed by atoms with Gasteiger partial charge in [0.25, 0.3) is 0 Å². The van der Waals surface area contributed by atoms with E-state index in [1.807, 2.05) is 34.7 Å². The fourth-order valence-electron chi connectivity index (χ4n) is 2.10. The zero-order valence-corrected chi connectivity index (χ0v) is 26.9. The fraction of sp³-hybridized carbons (Fsp3) is 0.0500. The molecule has 4 aromatic heterocycles. The van der Waals surface area contributed by atoms with Gasteiger partial charge in [0.1, 0.15) is 29.1 Å². The van der Waals surface area contributed by atoms with Gasteiger partial charge in [0.2, 0.25) is 5.95 Å².